The molecule has 1 aromatic carbocycles. The van der Waals surface area contributed by atoms with E-state index in [0.29, 0.717) is 42.8 Å². The number of piperidine rings is 1. The third-order valence-corrected chi connectivity index (χ3v) is 6.25. The van der Waals surface area contributed by atoms with Crippen molar-refractivity contribution in [1.82, 2.24) is 19.9 Å². The van der Waals surface area contributed by atoms with Crippen molar-refractivity contribution in [1.29, 1.82) is 0 Å². The van der Waals surface area contributed by atoms with Crippen molar-refractivity contribution in [3.8, 4) is 11.4 Å². The summed E-state index contributed by atoms with van der Waals surface area (Å²) in [4.78, 5) is 26.7. The summed E-state index contributed by atoms with van der Waals surface area (Å²) in [5.41, 5.74) is -0.366. The molecule has 2 fully saturated rings. The number of carbonyl (C=O) groups excluding carboxylic acids is 1. The maximum atomic E-state index is 14.3. The van der Waals surface area contributed by atoms with E-state index in [1.807, 2.05) is 0 Å². The first-order valence-corrected chi connectivity index (χ1v) is 10.6. The molecule has 11 heteroatoms. The minimum absolute atomic E-state index is 0.165. The van der Waals surface area contributed by atoms with Gasteiger partial charge in [-0.1, -0.05) is 18.2 Å². The van der Waals surface area contributed by atoms with Gasteiger partial charge in [-0.3, -0.25) is 4.79 Å². The van der Waals surface area contributed by atoms with E-state index in [1.54, 1.807) is 29.2 Å². The molecule has 1 saturated carbocycles. The molecule has 3 aromatic rings. The van der Waals surface area contributed by atoms with Gasteiger partial charge in [-0.15, -0.1) is 0 Å². The summed E-state index contributed by atoms with van der Waals surface area (Å²) >= 11 is 0. The largest absolute Gasteiger partial charge is 0.417 e. The van der Waals surface area contributed by atoms with Crippen molar-refractivity contribution >= 4 is 11.7 Å². The molecule has 0 radical (unpaired) electrons. The molecule has 0 unspecified atom stereocenters. The number of hydrogen-bond donors (Lipinski definition) is 1. The van der Waals surface area contributed by atoms with E-state index in [-0.39, 0.29) is 35.6 Å². The van der Waals surface area contributed by atoms with E-state index in [0.717, 1.165) is 12.4 Å². The number of hydrogen-bond acceptors (Lipinski definition) is 5. The first-order valence-electron chi connectivity index (χ1n) is 10.6. The summed E-state index contributed by atoms with van der Waals surface area (Å²) < 4.78 is 66.0. The second-order valence-corrected chi connectivity index (χ2v) is 8.44. The topological polar surface area (TPSA) is 71.0 Å². The number of benzene rings is 1. The zero-order valence-electron chi connectivity index (χ0n) is 17.6. The molecule has 2 aromatic heterocycles. The number of carbonyl (C=O) groups is 1. The van der Waals surface area contributed by atoms with Gasteiger partial charge in [0.05, 0.1) is 29.6 Å². The van der Waals surface area contributed by atoms with Gasteiger partial charge in [0.2, 0.25) is 0 Å². The molecule has 34 heavy (non-hydrogen) atoms. The minimum atomic E-state index is -4.69. The van der Waals surface area contributed by atoms with Crippen molar-refractivity contribution in [3.63, 3.8) is 0 Å². The molecule has 1 saturated heterocycles. The number of likely N-dealkylation sites (tertiary alicyclic amines) is 1. The smallest absolute Gasteiger partial charge is 0.363 e. The highest BCUT2D eigenvalue weighted by molar-refractivity contribution is 6.00. The predicted octanol–water partition coefficient (Wildman–Crippen LogP) is 4.55. The highest BCUT2D eigenvalue weighted by atomic mass is 19.4. The normalized spacial score (nSPS) is 21.7. The summed E-state index contributed by atoms with van der Waals surface area (Å²) in [6.07, 6.45) is -0.746. The molecule has 3 heterocycles. The van der Waals surface area contributed by atoms with Crippen LogP contribution in [0.5, 0.6) is 0 Å². The maximum Gasteiger partial charge on any atom is 0.417 e. The number of pyridine rings is 1. The standard InChI is InChI=1S/C23H18F5N5O/c24-14-9-30-20(31-10-14)15-3-1-2-4-16(15)22(34)33-11-12-5-18(19(33)6-12)32-21-17(25)7-13(8-29-21)23(26,27)28/h1-4,7-10,12,18-19H,5-6,11H2,(H,29,32)/t12-,18+,19-/m0/s1. The Balaban J connectivity index is 1.37. The molecule has 1 amide bonds. The Kier molecular flexibility index (Phi) is 5.41. The Labute approximate surface area is 190 Å². The fourth-order valence-electron chi connectivity index (χ4n) is 4.76. The van der Waals surface area contributed by atoms with Crippen LogP contribution in [-0.4, -0.2) is 44.4 Å². The predicted molar refractivity (Wildman–Crippen MR) is 112 cm³/mol. The Morgan fingerprint density at radius 2 is 1.76 bits per heavy atom. The summed E-state index contributed by atoms with van der Waals surface area (Å²) in [6, 6.07) is 6.48. The lowest BCUT2D eigenvalue weighted by molar-refractivity contribution is -0.138. The van der Waals surface area contributed by atoms with Crippen LogP contribution in [-0.2, 0) is 6.18 Å². The molecule has 0 spiro atoms. The van der Waals surface area contributed by atoms with Gasteiger partial charge in [-0.2, -0.15) is 13.2 Å². The van der Waals surface area contributed by atoms with Crippen molar-refractivity contribution in [2.75, 3.05) is 11.9 Å². The van der Waals surface area contributed by atoms with Crippen molar-refractivity contribution in [3.05, 3.63) is 71.7 Å². The number of halogens is 5. The van der Waals surface area contributed by atoms with E-state index < -0.39 is 23.4 Å². The maximum absolute atomic E-state index is 14.3. The van der Waals surface area contributed by atoms with Crippen molar-refractivity contribution in [2.24, 2.45) is 5.92 Å². The Bertz CT molecular complexity index is 1230. The number of nitrogens with one attached hydrogen (secondary N) is 1. The molecular weight excluding hydrogens is 457 g/mol. The van der Waals surface area contributed by atoms with Crippen LogP contribution >= 0.6 is 0 Å². The third kappa shape index (κ3) is 4.06. The van der Waals surface area contributed by atoms with E-state index in [4.69, 9.17) is 0 Å². The number of rotatable bonds is 4. The lowest BCUT2D eigenvalue weighted by Gasteiger charge is -2.34. The number of alkyl halides is 3. The van der Waals surface area contributed by atoms with Crippen LogP contribution in [0.25, 0.3) is 11.4 Å². The number of aromatic nitrogens is 3. The van der Waals surface area contributed by atoms with E-state index in [9.17, 15) is 26.7 Å². The van der Waals surface area contributed by atoms with Crippen LogP contribution in [0.4, 0.5) is 27.8 Å². The van der Waals surface area contributed by atoms with Crippen LogP contribution in [0.2, 0.25) is 0 Å². The minimum Gasteiger partial charge on any atom is -0.363 e. The molecule has 6 nitrogen and oxygen atoms in total. The fraction of sp³-hybridized carbons (Fsp3) is 0.304. The average Bonchev–Trinajstić information content (AvgIpc) is 3.40. The molecular formula is C23H18F5N5O. The van der Waals surface area contributed by atoms with Gasteiger partial charge in [0.15, 0.2) is 23.3 Å². The molecule has 3 atom stereocenters. The molecule has 2 aliphatic rings. The summed E-state index contributed by atoms with van der Waals surface area (Å²) in [5.74, 6) is -1.88. The first-order chi connectivity index (χ1) is 16.2. The number of fused-ring (bicyclic) bond motifs is 2. The molecule has 1 N–H and O–H groups in total. The quantitative estimate of drug-likeness (QED) is 0.561. The average molecular weight is 475 g/mol. The number of nitrogens with zero attached hydrogens (tertiary/aromatic N) is 4. The number of anilines is 1. The summed E-state index contributed by atoms with van der Waals surface area (Å²) in [5, 5.41) is 2.89. The van der Waals surface area contributed by atoms with E-state index in [2.05, 4.69) is 20.3 Å². The van der Waals surface area contributed by atoms with Gasteiger partial charge >= 0.3 is 6.18 Å². The first kappa shape index (κ1) is 22.2. The monoisotopic (exact) mass is 475 g/mol. The van der Waals surface area contributed by atoms with Crippen LogP contribution in [0.15, 0.2) is 48.9 Å². The zero-order chi connectivity index (χ0) is 24.0. The highest BCUT2D eigenvalue weighted by Gasteiger charge is 2.47. The zero-order valence-corrected chi connectivity index (χ0v) is 17.6. The van der Waals surface area contributed by atoms with Gasteiger partial charge in [-0.05, 0) is 30.9 Å². The lowest BCUT2D eigenvalue weighted by Crippen LogP contribution is -2.48. The molecule has 1 aliphatic carbocycles. The molecule has 2 bridgehead atoms. The Morgan fingerprint density at radius 1 is 1.03 bits per heavy atom. The molecule has 1 aliphatic heterocycles. The van der Waals surface area contributed by atoms with Crippen LogP contribution in [0, 0.1) is 17.6 Å². The van der Waals surface area contributed by atoms with Crippen LogP contribution in [0.1, 0.15) is 28.8 Å². The van der Waals surface area contributed by atoms with Gasteiger partial charge < -0.3 is 10.2 Å². The second kappa shape index (κ2) is 8.30. The Hall–Kier alpha value is -3.63. The van der Waals surface area contributed by atoms with E-state index >= 15 is 0 Å². The van der Waals surface area contributed by atoms with Gasteiger partial charge in [-0.25, -0.2) is 23.7 Å². The highest BCUT2D eigenvalue weighted by Crippen LogP contribution is 2.41. The van der Waals surface area contributed by atoms with Gasteiger partial charge in [0, 0.05) is 24.3 Å². The van der Waals surface area contributed by atoms with Gasteiger partial charge in [0.25, 0.3) is 5.91 Å². The van der Waals surface area contributed by atoms with Crippen molar-refractivity contribution < 1.29 is 26.7 Å². The fourth-order valence-corrected chi connectivity index (χ4v) is 4.76. The number of amides is 1. The summed E-state index contributed by atoms with van der Waals surface area (Å²) in [7, 11) is 0. The summed E-state index contributed by atoms with van der Waals surface area (Å²) in [6.45, 7) is 0.503. The Morgan fingerprint density at radius 3 is 2.44 bits per heavy atom. The van der Waals surface area contributed by atoms with Crippen molar-refractivity contribution in [2.45, 2.75) is 31.1 Å². The lowest BCUT2D eigenvalue weighted by atomic mass is 10.0. The second-order valence-electron chi connectivity index (χ2n) is 8.44. The van der Waals surface area contributed by atoms with Crippen LogP contribution < -0.4 is 5.32 Å². The van der Waals surface area contributed by atoms with Gasteiger partial charge in [0.1, 0.15) is 0 Å². The SMILES string of the molecule is O=C(c1ccccc1-c1ncc(F)cn1)N1C[C@H]2C[C@@H](Nc3ncc(C(F)(F)F)cc3F)[C@@H]1C2. The van der Waals surface area contributed by atoms with Crippen LogP contribution in [0.3, 0.4) is 0 Å². The third-order valence-electron chi connectivity index (χ3n) is 6.25. The molecule has 176 valence electrons. The van der Waals surface area contributed by atoms with E-state index in [1.165, 1.54) is 0 Å². The molecule has 5 rings (SSSR count).